The van der Waals surface area contributed by atoms with E-state index >= 15 is 0 Å². The van der Waals surface area contributed by atoms with Gasteiger partial charge in [0.05, 0.1) is 10.7 Å². The maximum atomic E-state index is 11.6. The fourth-order valence-corrected chi connectivity index (χ4v) is 2.58. The molecule has 122 valence electrons. The molecule has 2 rings (SSSR count). The van der Waals surface area contributed by atoms with Crippen molar-refractivity contribution in [2.24, 2.45) is 0 Å². The van der Waals surface area contributed by atoms with Gasteiger partial charge in [-0.1, -0.05) is 23.9 Å². The first-order valence-corrected chi connectivity index (χ1v) is 7.57. The summed E-state index contributed by atoms with van der Waals surface area (Å²) >= 11 is 0.920. The Morgan fingerprint density at radius 2 is 2.13 bits per heavy atom. The molecular formula is C13H13N3O6S. The Bertz CT molecular complexity index is 634. The van der Waals surface area contributed by atoms with Crippen molar-refractivity contribution in [1.29, 1.82) is 0 Å². The molecular weight excluding hydrogens is 326 g/mol. The van der Waals surface area contributed by atoms with E-state index in [-0.39, 0.29) is 41.4 Å². The van der Waals surface area contributed by atoms with Crippen molar-refractivity contribution in [3.05, 3.63) is 34.4 Å². The Kier molecular flexibility index (Phi) is 5.52. The van der Waals surface area contributed by atoms with Crippen molar-refractivity contribution >= 4 is 34.5 Å². The second kappa shape index (κ2) is 7.58. The molecule has 1 heterocycles. The molecule has 1 saturated heterocycles. The van der Waals surface area contributed by atoms with Gasteiger partial charge in [0.25, 0.3) is 11.1 Å². The zero-order valence-electron chi connectivity index (χ0n) is 11.9. The molecule has 0 saturated carbocycles. The largest absolute Gasteiger partial charge is 0.477 e. The molecule has 0 radical (unpaired) electrons. The summed E-state index contributed by atoms with van der Waals surface area (Å²) in [6.45, 7) is -0.222. The smallest absolute Gasteiger partial charge is 0.310 e. The first-order chi connectivity index (χ1) is 11.0. The van der Waals surface area contributed by atoms with Crippen LogP contribution in [0.1, 0.15) is 0 Å². The zero-order chi connectivity index (χ0) is 16.8. The van der Waals surface area contributed by atoms with Crippen LogP contribution in [0.3, 0.4) is 0 Å². The minimum Gasteiger partial charge on any atom is -0.477 e. The van der Waals surface area contributed by atoms with Crippen LogP contribution in [0.4, 0.5) is 10.5 Å². The standard InChI is InChI=1S/C13H13N3O6S/c17-11(14-5-6-15-12(18)8-23-13(15)19)7-22-10-4-2-1-3-9(10)16(20)21/h1-4H,5-8H2,(H,14,17). The van der Waals surface area contributed by atoms with Gasteiger partial charge in [-0.25, -0.2) is 0 Å². The number of hydrogen-bond donors (Lipinski definition) is 1. The molecule has 23 heavy (non-hydrogen) atoms. The SMILES string of the molecule is O=C(COc1ccccc1[N+](=O)[O-])NCCN1C(=O)CSC1=O. The number of amides is 3. The van der Waals surface area contributed by atoms with Crippen LogP contribution in [0.5, 0.6) is 5.75 Å². The predicted molar refractivity (Wildman–Crippen MR) is 81.2 cm³/mol. The van der Waals surface area contributed by atoms with Crippen molar-refractivity contribution in [1.82, 2.24) is 10.2 Å². The number of nitrogens with zero attached hydrogens (tertiary/aromatic N) is 2. The van der Waals surface area contributed by atoms with Gasteiger partial charge in [0.15, 0.2) is 12.4 Å². The third-order valence-electron chi connectivity index (χ3n) is 2.92. The van der Waals surface area contributed by atoms with Gasteiger partial charge >= 0.3 is 5.69 Å². The molecule has 1 fully saturated rings. The normalized spacial score (nSPS) is 14.0. The van der Waals surface area contributed by atoms with E-state index in [4.69, 9.17) is 4.74 Å². The van der Waals surface area contributed by atoms with Crippen LogP contribution in [0.15, 0.2) is 24.3 Å². The third-order valence-corrected chi connectivity index (χ3v) is 3.78. The Hall–Kier alpha value is -2.62. The number of para-hydroxylation sites is 2. The summed E-state index contributed by atoms with van der Waals surface area (Å²) < 4.78 is 5.12. The minimum absolute atomic E-state index is 0.00560. The number of imide groups is 1. The molecule has 9 nitrogen and oxygen atoms in total. The molecule has 0 spiro atoms. The lowest BCUT2D eigenvalue weighted by Crippen LogP contribution is -2.39. The van der Waals surface area contributed by atoms with Gasteiger partial charge in [-0.05, 0) is 6.07 Å². The second-order valence-electron chi connectivity index (χ2n) is 4.46. The van der Waals surface area contributed by atoms with Crippen molar-refractivity contribution in [2.45, 2.75) is 0 Å². The van der Waals surface area contributed by atoms with Crippen LogP contribution < -0.4 is 10.1 Å². The van der Waals surface area contributed by atoms with Crippen LogP contribution in [0.25, 0.3) is 0 Å². The predicted octanol–water partition coefficient (Wildman–Crippen LogP) is 0.785. The Morgan fingerprint density at radius 1 is 1.39 bits per heavy atom. The minimum atomic E-state index is -0.602. The number of hydrogen-bond acceptors (Lipinski definition) is 7. The number of nitrogens with one attached hydrogen (secondary N) is 1. The summed E-state index contributed by atoms with van der Waals surface area (Å²) in [5.41, 5.74) is -0.231. The topological polar surface area (TPSA) is 119 Å². The van der Waals surface area contributed by atoms with Gasteiger partial charge in [-0.3, -0.25) is 29.4 Å². The van der Waals surface area contributed by atoms with Crippen LogP contribution in [0, 0.1) is 10.1 Å². The van der Waals surface area contributed by atoms with E-state index in [0.29, 0.717) is 0 Å². The highest BCUT2D eigenvalue weighted by molar-refractivity contribution is 8.14. The fraction of sp³-hybridized carbons (Fsp3) is 0.308. The van der Waals surface area contributed by atoms with Gasteiger partial charge in [0.1, 0.15) is 0 Å². The zero-order valence-corrected chi connectivity index (χ0v) is 12.7. The summed E-state index contributed by atoms with van der Waals surface area (Å²) in [6.07, 6.45) is 0. The van der Waals surface area contributed by atoms with E-state index in [1.165, 1.54) is 18.2 Å². The molecule has 0 atom stereocenters. The highest BCUT2D eigenvalue weighted by atomic mass is 32.2. The van der Waals surface area contributed by atoms with E-state index in [0.717, 1.165) is 16.7 Å². The molecule has 0 aliphatic carbocycles. The number of benzene rings is 1. The number of nitro benzene ring substituents is 1. The number of rotatable bonds is 7. The molecule has 10 heteroatoms. The lowest BCUT2D eigenvalue weighted by molar-refractivity contribution is -0.385. The molecule has 1 aromatic carbocycles. The van der Waals surface area contributed by atoms with E-state index in [1.54, 1.807) is 6.07 Å². The van der Waals surface area contributed by atoms with E-state index < -0.39 is 17.4 Å². The third kappa shape index (κ3) is 4.42. The van der Waals surface area contributed by atoms with Crippen LogP contribution in [-0.4, -0.2) is 52.3 Å². The molecule has 0 unspecified atom stereocenters. The highest BCUT2D eigenvalue weighted by Gasteiger charge is 2.29. The van der Waals surface area contributed by atoms with Crippen LogP contribution >= 0.6 is 11.8 Å². The summed E-state index contributed by atoms with van der Waals surface area (Å²) in [5.74, 6) is -0.678. The second-order valence-corrected chi connectivity index (χ2v) is 5.39. The summed E-state index contributed by atoms with van der Waals surface area (Å²) in [6, 6.07) is 5.72. The van der Waals surface area contributed by atoms with Gasteiger partial charge < -0.3 is 10.1 Å². The number of carbonyl (C=O) groups is 3. The maximum Gasteiger partial charge on any atom is 0.310 e. The molecule has 1 aliphatic rings. The lowest BCUT2D eigenvalue weighted by Gasteiger charge is -2.13. The molecule has 3 amide bonds. The van der Waals surface area contributed by atoms with E-state index in [2.05, 4.69) is 5.32 Å². The number of thioether (sulfide) groups is 1. The van der Waals surface area contributed by atoms with Crippen molar-refractivity contribution in [3.63, 3.8) is 0 Å². The first-order valence-electron chi connectivity index (χ1n) is 6.59. The molecule has 0 bridgehead atoms. The number of carbonyl (C=O) groups excluding carboxylic acids is 3. The number of ether oxygens (including phenoxy) is 1. The van der Waals surface area contributed by atoms with Crippen molar-refractivity contribution < 1.29 is 24.0 Å². The van der Waals surface area contributed by atoms with Gasteiger partial charge in [-0.15, -0.1) is 0 Å². The average Bonchev–Trinajstić information content (AvgIpc) is 2.85. The van der Waals surface area contributed by atoms with Crippen molar-refractivity contribution in [3.8, 4) is 5.75 Å². The summed E-state index contributed by atoms with van der Waals surface area (Å²) in [4.78, 5) is 45.6. The first kappa shape index (κ1) is 16.7. The van der Waals surface area contributed by atoms with E-state index in [1.807, 2.05) is 0 Å². The Morgan fingerprint density at radius 3 is 2.78 bits per heavy atom. The molecule has 1 N–H and O–H groups in total. The van der Waals surface area contributed by atoms with Crippen molar-refractivity contribution in [2.75, 3.05) is 25.4 Å². The van der Waals surface area contributed by atoms with Gasteiger partial charge in [0.2, 0.25) is 5.91 Å². The number of nitro groups is 1. The summed E-state index contributed by atoms with van der Waals surface area (Å²) in [5, 5.41) is 12.9. The average molecular weight is 339 g/mol. The highest BCUT2D eigenvalue weighted by Crippen LogP contribution is 2.25. The van der Waals surface area contributed by atoms with Gasteiger partial charge in [0, 0.05) is 19.2 Å². The Labute approximate surface area is 135 Å². The molecule has 1 aliphatic heterocycles. The Balaban J connectivity index is 1.77. The lowest BCUT2D eigenvalue weighted by atomic mass is 10.3. The van der Waals surface area contributed by atoms with Crippen LogP contribution in [-0.2, 0) is 9.59 Å². The molecule has 1 aromatic rings. The quantitative estimate of drug-likeness (QED) is 0.576. The monoisotopic (exact) mass is 339 g/mol. The van der Waals surface area contributed by atoms with Crippen LogP contribution in [0.2, 0.25) is 0 Å². The van der Waals surface area contributed by atoms with Gasteiger partial charge in [-0.2, -0.15) is 0 Å². The summed E-state index contributed by atoms with van der Waals surface area (Å²) in [7, 11) is 0. The maximum absolute atomic E-state index is 11.6. The fourth-order valence-electron chi connectivity index (χ4n) is 1.83. The van der Waals surface area contributed by atoms with E-state index in [9.17, 15) is 24.5 Å². The molecule has 0 aromatic heterocycles.